The van der Waals surface area contributed by atoms with E-state index < -0.39 is 0 Å². The van der Waals surface area contributed by atoms with Gasteiger partial charge in [0.1, 0.15) is 0 Å². The lowest BCUT2D eigenvalue weighted by atomic mass is 9.59. The first-order valence-electron chi connectivity index (χ1n) is 3.74. The molecule has 0 nitrogen and oxygen atoms in total. The van der Waals surface area contributed by atoms with E-state index in [4.69, 9.17) is 0 Å². The zero-order valence-electron chi connectivity index (χ0n) is 6.86. The summed E-state index contributed by atoms with van der Waals surface area (Å²) in [5.41, 5.74) is 2.14. The van der Waals surface area contributed by atoms with Crippen molar-refractivity contribution in [3.63, 3.8) is 0 Å². The fourth-order valence-electron chi connectivity index (χ4n) is 1.52. The van der Waals surface area contributed by atoms with Crippen molar-refractivity contribution in [2.45, 2.75) is 34.1 Å². The van der Waals surface area contributed by atoms with Crippen molar-refractivity contribution in [2.24, 2.45) is 11.3 Å². The lowest BCUT2D eigenvalue weighted by Crippen LogP contribution is -2.35. The molecule has 0 aromatic rings. The van der Waals surface area contributed by atoms with Crippen LogP contribution in [0.4, 0.5) is 0 Å². The Morgan fingerprint density at radius 1 is 1.56 bits per heavy atom. The molecule has 52 valence electrons. The first kappa shape index (κ1) is 6.85. The normalized spacial score (nSPS) is 36.4. The van der Waals surface area contributed by atoms with Crippen LogP contribution in [0.25, 0.3) is 0 Å². The van der Waals surface area contributed by atoms with Crippen LogP contribution in [-0.2, 0) is 0 Å². The third-order valence-corrected chi connectivity index (χ3v) is 2.93. The molecular weight excluding hydrogens is 108 g/mol. The largest absolute Gasteiger partial charge is 0.0879 e. The van der Waals surface area contributed by atoms with Gasteiger partial charge in [-0.2, -0.15) is 0 Å². The predicted octanol–water partition coefficient (Wildman–Crippen LogP) is 3.00. The van der Waals surface area contributed by atoms with E-state index in [0.29, 0.717) is 5.41 Å². The van der Waals surface area contributed by atoms with Gasteiger partial charge in [0.15, 0.2) is 0 Å². The van der Waals surface area contributed by atoms with Crippen molar-refractivity contribution in [3.05, 3.63) is 11.6 Å². The average Bonchev–Trinajstić information content (AvgIpc) is 1.82. The maximum Gasteiger partial charge on any atom is -0.0116 e. The molecular formula is C9H16. The molecule has 1 aliphatic carbocycles. The molecule has 1 aliphatic rings. The first-order valence-corrected chi connectivity index (χ1v) is 3.74. The molecule has 0 heteroatoms. The molecule has 1 saturated carbocycles. The molecule has 0 saturated heterocycles. The zero-order chi connectivity index (χ0) is 7.07. The molecule has 0 aromatic carbocycles. The van der Waals surface area contributed by atoms with Crippen LogP contribution in [0.5, 0.6) is 0 Å². The van der Waals surface area contributed by atoms with Crippen LogP contribution in [0.1, 0.15) is 34.1 Å². The van der Waals surface area contributed by atoms with Gasteiger partial charge < -0.3 is 0 Å². The molecule has 0 aliphatic heterocycles. The minimum absolute atomic E-state index is 0.509. The van der Waals surface area contributed by atoms with Crippen molar-refractivity contribution in [1.82, 2.24) is 0 Å². The van der Waals surface area contributed by atoms with Crippen molar-refractivity contribution >= 4 is 0 Å². The lowest BCUT2D eigenvalue weighted by Gasteiger charge is -2.45. The summed E-state index contributed by atoms with van der Waals surface area (Å²) < 4.78 is 0. The van der Waals surface area contributed by atoms with Gasteiger partial charge in [0.25, 0.3) is 0 Å². The van der Waals surface area contributed by atoms with Crippen molar-refractivity contribution in [2.75, 3.05) is 0 Å². The smallest absolute Gasteiger partial charge is 0.0116 e. The minimum atomic E-state index is 0.509. The van der Waals surface area contributed by atoms with Gasteiger partial charge >= 0.3 is 0 Å². The van der Waals surface area contributed by atoms with Crippen LogP contribution in [0.3, 0.4) is 0 Å². The summed E-state index contributed by atoms with van der Waals surface area (Å²) in [5.74, 6) is 0.892. The monoisotopic (exact) mass is 124 g/mol. The summed E-state index contributed by atoms with van der Waals surface area (Å²) >= 11 is 0. The van der Waals surface area contributed by atoms with Crippen LogP contribution in [0.2, 0.25) is 0 Å². The quantitative estimate of drug-likeness (QED) is 0.435. The molecule has 1 rings (SSSR count). The molecule has 0 N–H and O–H groups in total. The maximum absolute atomic E-state index is 2.33. The van der Waals surface area contributed by atoms with Crippen LogP contribution in [0.15, 0.2) is 11.6 Å². The van der Waals surface area contributed by atoms with E-state index >= 15 is 0 Å². The SMILES string of the molecule is CC=C1CC(C)C1(C)C. The van der Waals surface area contributed by atoms with E-state index in [1.807, 2.05) is 0 Å². The van der Waals surface area contributed by atoms with Gasteiger partial charge in [0.05, 0.1) is 0 Å². The minimum Gasteiger partial charge on any atom is -0.0879 e. The maximum atomic E-state index is 2.33. The van der Waals surface area contributed by atoms with E-state index in [-0.39, 0.29) is 0 Å². The second-order valence-corrected chi connectivity index (χ2v) is 3.64. The Balaban J connectivity index is 2.70. The lowest BCUT2D eigenvalue weighted by molar-refractivity contribution is 0.186. The molecule has 1 fully saturated rings. The van der Waals surface area contributed by atoms with Gasteiger partial charge in [-0.05, 0) is 24.7 Å². The fourth-order valence-corrected chi connectivity index (χ4v) is 1.52. The molecule has 9 heavy (non-hydrogen) atoms. The predicted molar refractivity (Wildman–Crippen MR) is 41.3 cm³/mol. The highest BCUT2D eigenvalue weighted by molar-refractivity contribution is 5.22. The molecule has 0 radical (unpaired) electrons. The number of rotatable bonds is 0. The Kier molecular flexibility index (Phi) is 1.42. The second-order valence-electron chi connectivity index (χ2n) is 3.64. The molecule has 1 atom stereocenters. The van der Waals surface area contributed by atoms with Crippen LogP contribution in [0, 0.1) is 11.3 Å². The van der Waals surface area contributed by atoms with E-state index in [1.54, 1.807) is 5.57 Å². The molecule has 1 unspecified atom stereocenters. The summed E-state index contributed by atoms with van der Waals surface area (Å²) in [4.78, 5) is 0. The molecule has 0 bridgehead atoms. The Morgan fingerprint density at radius 2 is 2.11 bits per heavy atom. The third-order valence-electron chi connectivity index (χ3n) is 2.93. The first-order chi connectivity index (χ1) is 4.09. The highest BCUT2D eigenvalue weighted by atomic mass is 14.4. The Labute approximate surface area is 58.0 Å². The van der Waals surface area contributed by atoms with Gasteiger partial charge in [-0.1, -0.05) is 32.4 Å². The van der Waals surface area contributed by atoms with Crippen LogP contribution in [-0.4, -0.2) is 0 Å². The van der Waals surface area contributed by atoms with Crippen molar-refractivity contribution < 1.29 is 0 Å². The van der Waals surface area contributed by atoms with Gasteiger partial charge in [-0.15, -0.1) is 0 Å². The highest BCUT2D eigenvalue weighted by Gasteiger charge is 2.39. The van der Waals surface area contributed by atoms with E-state index in [1.165, 1.54) is 6.42 Å². The molecule has 0 spiro atoms. The third kappa shape index (κ3) is 0.810. The topological polar surface area (TPSA) is 0 Å². The van der Waals surface area contributed by atoms with E-state index in [2.05, 4.69) is 33.8 Å². The highest BCUT2D eigenvalue weighted by Crippen LogP contribution is 2.50. The van der Waals surface area contributed by atoms with Gasteiger partial charge in [-0.3, -0.25) is 0 Å². The van der Waals surface area contributed by atoms with Gasteiger partial charge in [0.2, 0.25) is 0 Å². The Bertz CT molecular complexity index is 140. The molecule has 0 heterocycles. The Morgan fingerprint density at radius 3 is 2.22 bits per heavy atom. The summed E-state index contributed by atoms with van der Waals surface area (Å²) in [6.07, 6.45) is 3.59. The summed E-state index contributed by atoms with van der Waals surface area (Å²) in [6, 6.07) is 0. The average molecular weight is 124 g/mol. The van der Waals surface area contributed by atoms with Crippen LogP contribution < -0.4 is 0 Å². The summed E-state index contributed by atoms with van der Waals surface area (Å²) in [6.45, 7) is 9.13. The summed E-state index contributed by atoms with van der Waals surface area (Å²) in [7, 11) is 0. The van der Waals surface area contributed by atoms with Crippen molar-refractivity contribution in [3.8, 4) is 0 Å². The second kappa shape index (κ2) is 1.86. The fraction of sp³-hybridized carbons (Fsp3) is 0.778. The zero-order valence-corrected chi connectivity index (χ0v) is 6.86. The number of allylic oxidation sites excluding steroid dienone is 2. The van der Waals surface area contributed by atoms with E-state index in [9.17, 15) is 0 Å². The van der Waals surface area contributed by atoms with Gasteiger partial charge in [-0.25, -0.2) is 0 Å². The Hall–Kier alpha value is -0.260. The van der Waals surface area contributed by atoms with Crippen molar-refractivity contribution in [1.29, 1.82) is 0 Å². The van der Waals surface area contributed by atoms with E-state index in [0.717, 1.165) is 5.92 Å². The van der Waals surface area contributed by atoms with Gasteiger partial charge in [0, 0.05) is 0 Å². The van der Waals surface area contributed by atoms with Crippen LogP contribution >= 0.6 is 0 Å². The number of hydrogen-bond donors (Lipinski definition) is 0. The summed E-state index contributed by atoms with van der Waals surface area (Å²) in [5, 5.41) is 0. The number of hydrogen-bond acceptors (Lipinski definition) is 0. The molecule has 0 aromatic heterocycles. The standard InChI is InChI=1S/C9H16/c1-5-8-6-7(2)9(8,3)4/h5,7H,6H2,1-4H3. The molecule has 0 amide bonds.